The van der Waals surface area contributed by atoms with Crippen LogP contribution >= 0.6 is 11.6 Å². The highest BCUT2D eigenvalue weighted by Crippen LogP contribution is 2.29. The van der Waals surface area contributed by atoms with Gasteiger partial charge >= 0.3 is 0 Å². The summed E-state index contributed by atoms with van der Waals surface area (Å²) in [4.78, 5) is 14.7. The van der Waals surface area contributed by atoms with Crippen LogP contribution in [0.15, 0.2) is 47.4 Å². The molecule has 0 bridgehead atoms. The van der Waals surface area contributed by atoms with Crippen LogP contribution < -0.4 is 10.1 Å². The standard InChI is InChI=1S/C21H26ClN3O4S/c1-24-11-13-25(14-12-24)30(27,28)18-8-9-20(29-2)19(15-18)23-21(26)10-5-16-3-6-17(22)7-4-16/h3-4,6-9,15H,5,10-14H2,1-2H3,(H,23,26). The molecule has 1 saturated heterocycles. The largest absolute Gasteiger partial charge is 0.495 e. The lowest BCUT2D eigenvalue weighted by Gasteiger charge is -2.31. The summed E-state index contributed by atoms with van der Waals surface area (Å²) in [7, 11) is -0.194. The molecule has 1 fully saturated rings. The first kappa shape index (κ1) is 22.6. The molecule has 0 unspecified atom stereocenters. The van der Waals surface area contributed by atoms with Crippen LogP contribution in [-0.4, -0.2) is 63.9 Å². The first-order chi connectivity index (χ1) is 14.3. The Labute approximate surface area is 182 Å². The number of carbonyl (C=O) groups is 1. The van der Waals surface area contributed by atoms with E-state index in [4.69, 9.17) is 16.3 Å². The fourth-order valence-electron chi connectivity index (χ4n) is 3.24. The average molecular weight is 452 g/mol. The summed E-state index contributed by atoms with van der Waals surface area (Å²) in [5.41, 5.74) is 1.33. The van der Waals surface area contributed by atoms with Gasteiger partial charge in [-0.25, -0.2) is 8.42 Å². The Balaban J connectivity index is 1.72. The van der Waals surface area contributed by atoms with E-state index in [9.17, 15) is 13.2 Å². The number of halogens is 1. The van der Waals surface area contributed by atoms with E-state index >= 15 is 0 Å². The Kier molecular flexibility index (Phi) is 7.36. The number of likely N-dealkylation sites (N-methyl/N-ethyl adjacent to an activating group) is 1. The normalized spacial score (nSPS) is 15.7. The first-order valence-electron chi connectivity index (χ1n) is 9.70. The van der Waals surface area contributed by atoms with Gasteiger partial charge in [0.25, 0.3) is 0 Å². The number of hydrogen-bond donors (Lipinski definition) is 1. The van der Waals surface area contributed by atoms with E-state index in [1.807, 2.05) is 19.2 Å². The van der Waals surface area contributed by atoms with Crippen molar-refractivity contribution in [2.75, 3.05) is 45.7 Å². The third-order valence-corrected chi connectivity index (χ3v) is 7.25. The molecule has 0 spiro atoms. The fraction of sp³-hybridized carbons (Fsp3) is 0.381. The van der Waals surface area contributed by atoms with Crippen LogP contribution in [0.5, 0.6) is 5.75 Å². The van der Waals surface area contributed by atoms with Crippen LogP contribution in [0.2, 0.25) is 5.02 Å². The molecule has 162 valence electrons. The van der Waals surface area contributed by atoms with E-state index in [0.29, 0.717) is 49.1 Å². The van der Waals surface area contributed by atoms with Crippen molar-refractivity contribution in [3.63, 3.8) is 0 Å². The van der Waals surface area contributed by atoms with Crippen LogP contribution in [0.1, 0.15) is 12.0 Å². The number of aryl methyl sites for hydroxylation is 1. The van der Waals surface area contributed by atoms with Crippen molar-refractivity contribution in [1.29, 1.82) is 0 Å². The zero-order valence-corrected chi connectivity index (χ0v) is 18.7. The van der Waals surface area contributed by atoms with Gasteiger partial charge in [0, 0.05) is 37.6 Å². The van der Waals surface area contributed by atoms with Gasteiger partial charge in [-0.1, -0.05) is 23.7 Å². The summed E-state index contributed by atoms with van der Waals surface area (Å²) >= 11 is 5.88. The van der Waals surface area contributed by atoms with Crippen molar-refractivity contribution in [3.8, 4) is 5.75 Å². The van der Waals surface area contributed by atoms with Crippen LogP contribution in [0.25, 0.3) is 0 Å². The molecule has 2 aromatic rings. The number of benzene rings is 2. The molecule has 0 radical (unpaired) electrons. The molecule has 1 aliphatic rings. The molecule has 1 aliphatic heterocycles. The highest BCUT2D eigenvalue weighted by atomic mass is 35.5. The maximum Gasteiger partial charge on any atom is 0.243 e. The number of rotatable bonds is 7. The lowest BCUT2D eigenvalue weighted by molar-refractivity contribution is -0.116. The molecule has 3 rings (SSSR count). The van der Waals surface area contributed by atoms with Crippen molar-refractivity contribution in [2.45, 2.75) is 17.7 Å². The van der Waals surface area contributed by atoms with E-state index in [1.54, 1.807) is 18.2 Å². The molecule has 1 heterocycles. The second-order valence-corrected chi connectivity index (χ2v) is 9.62. The van der Waals surface area contributed by atoms with Gasteiger partial charge in [-0.2, -0.15) is 4.31 Å². The van der Waals surface area contributed by atoms with E-state index in [1.165, 1.54) is 23.5 Å². The number of methoxy groups -OCH3 is 1. The van der Waals surface area contributed by atoms with E-state index in [-0.39, 0.29) is 17.2 Å². The molecule has 1 N–H and O–H groups in total. The maximum atomic E-state index is 13.0. The maximum absolute atomic E-state index is 13.0. The van der Waals surface area contributed by atoms with Gasteiger partial charge < -0.3 is 15.0 Å². The Morgan fingerprint density at radius 2 is 1.77 bits per heavy atom. The quantitative estimate of drug-likeness (QED) is 0.700. The average Bonchev–Trinajstić information content (AvgIpc) is 2.73. The summed E-state index contributed by atoms with van der Waals surface area (Å²) in [5.74, 6) is 0.185. The second kappa shape index (κ2) is 9.78. The van der Waals surface area contributed by atoms with Crippen LogP contribution in [0.4, 0.5) is 5.69 Å². The van der Waals surface area contributed by atoms with Crippen LogP contribution in [0, 0.1) is 0 Å². The van der Waals surface area contributed by atoms with Crippen LogP contribution in [-0.2, 0) is 21.2 Å². The smallest absolute Gasteiger partial charge is 0.243 e. The van der Waals surface area contributed by atoms with Crippen molar-refractivity contribution in [3.05, 3.63) is 53.1 Å². The minimum atomic E-state index is -3.64. The van der Waals surface area contributed by atoms with Crippen molar-refractivity contribution in [1.82, 2.24) is 9.21 Å². The molecule has 0 aromatic heterocycles. The van der Waals surface area contributed by atoms with E-state index in [0.717, 1.165) is 5.56 Å². The highest BCUT2D eigenvalue weighted by Gasteiger charge is 2.28. The highest BCUT2D eigenvalue weighted by molar-refractivity contribution is 7.89. The number of hydrogen-bond acceptors (Lipinski definition) is 5. The van der Waals surface area contributed by atoms with Crippen molar-refractivity contribution >= 4 is 33.2 Å². The minimum absolute atomic E-state index is 0.140. The Bertz CT molecular complexity index is 988. The SMILES string of the molecule is COc1ccc(S(=O)(=O)N2CCN(C)CC2)cc1NC(=O)CCc1ccc(Cl)cc1. The van der Waals surface area contributed by atoms with Crippen molar-refractivity contribution in [2.24, 2.45) is 0 Å². The number of sulfonamides is 1. The summed E-state index contributed by atoms with van der Waals surface area (Å²) in [5, 5.41) is 3.43. The Morgan fingerprint density at radius 1 is 1.10 bits per heavy atom. The monoisotopic (exact) mass is 451 g/mol. The zero-order chi connectivity index (χ0) is 21.7. The summed E-state index contributed by atoms with van der Waals surface area (Å²) in [6.45, 7) is 2.24. The van der Waals surface area contributed by atoms with Gasteiger partial charge in [0.05, 0.1) is 17.7 Å². The molecule has 7 nitrogen and oxygen atoms in total. The molecule has 2 aromatic carbocycles. The second-order valence-electron chi connectivity index (χ2n) is 7.24. The Morgan fingerprint density at radius 3 is 2.40 bits per heavy atom. The number of amides is 1. The molecular weight excluding hydrogens is 426 g/mol. The van der Waals surface area contributed by atoms with Crippen molar-refractivity contribution < 1.29 is 17.9 Å². The van der Waals surface area contributed by atoms with Gasteiger partial charge in [0.2, 0.25) is 15.9 Å². The molecule has 0 saturated carbocycles. The number of carbonyl (C=O) groups excluding carboxylic acids is 1. The van der Waals surface area contributed by atoms with E-state index < -0.39 is 10.0 Å². The van der Waals surface area contributed by atoms with Gasteiger partial charge in [-0.05, 0) is 49.4 Å². The third-order valence-electron chi connectivity index (χ3n) is 5.10. The lowest BCUT2D eigenvalue weighted by atomic mass is 10.1. The molecular formula is C21H26ClN3O4S. The predicted octanol–water partition coefficient (Wildman–Crippen LogP) is 2.86. The van der Waals surface area contributed by atoms with Gasteiger partial charge in [-0.3, -0.25) is 4.79 Å². The van der Waals surface area contributed by atoms with Gasteiger partial charge in [-0.15, -0.1) is 0 Å². The first-order valence-corrected chi connectivity index (χ1v) is 11.5. The molecule has 1 amide bonds. The van der Waals surface area contributed by atoms with Crippen LogP contribution in [0.3, 0.4) is 0 Å². The molecule has 0 atom stereocenters. The summed E-state index contributed by atoms with van der Waals surface area (Å²) in [6.07, 6.45) is 0.796. The van der Waals surface area contributed by atoms with E-state index in [2.05, 4.69) is 10.2 Å². The number of piperazine rings is 1. The lowest BCUT2D eigenvalue weighted by Crippen LogP contribution is -2.47. The number of nitrogens with one attached hydrogen (secondary N) is 1. The van der Waals surface area contributed by atoms with Gasteiger partial charge in [0.15, 0.2) is 0 Å². The predicted molar refractivity (Wildman–Crippen MR) is 118 cm³/mol. The topological polar surface area (TPSA) is 79.0 Å². The molecule has 9 heteroatoms. The Hall–Kier alpha value is -2.13. The number of nitrogens with zero attached hydrogens (tertiary/aromatic N) is 2. The zero-order valence-electron chi connectivity index (χ0n) is 17.1. The molecule has 0 aliphatic carbocycles. The third kappa shape index (κ3) is 5.51. The number of ether oxygens (including phenoxy) is 1. The summed E-state index contributed by atoms with van der Waals surface area (Å²) in [6, 6.07) is 11.9. The number of anilines is 1. The minimum Gasteiger partial charge on any atom is -0.495 e. The fourth-order valence-corrected chi connectivity index (χ4v) is 4.82. The molecule has 30 heavy (non-hydrogen) atoms. The van der Waals surface area contributed by atoms with Gasteiger partial charge in [0.1, 0.15) is 5.75 Å². The summed E-state index contributed by atoms with van der Waals surface area (Å²) < 4.78 is 32.8.